The third-order valence-corrected chi connectivity index (χ3v) is 5.78. The van der Waals surface area contributed by atoms with E-state index in [-0.39, 0.29) is 29.0 Å². The number of benzene rings is 1. The van der Waals surface area contributed by atoms with Gasteiger partial charge in [0, 0.05) is 22.1 Å². The van der Waals surface area contributed by atoms with E-state index in [2.05, 4.69) is 26.0 Å². The van der Waals surface area contributed by atoms with Crippen LogP contribution in [-0.2, 0) is 10.0 Å². The van der Waals surface area contributed by atoms with Crippen LogP contribution in [0.2, 0.25) is 0 Å². The van der Waals surface area contributed by atoms with Gasteiger partial charge in [0.05, 0.1) is 9.82 Å². The minimum Gasteiger partial charge on any atom is -0.317 e. The standard InChI is InChI=1S/C12H16BrN3O4S.ClH/c1-8-11(13)6-10(7-12(8)16(17)18)21(19,20)15-9-2-4-14-5-3-9;/h6-7,9,14-15H,2-5H2,1H3;1H. The molecule has 1 aliphatic heterocycles. The Hall–Kier alpha value is -0.740. The number of nitro benzene ring substituents is 1. The smallest absolute Gasteiger partial charge is 0.274 e. The average Bonchev–Trinajstić information content (AvgIpc) is 2.41. The van der Waals surface area contributed by atoms with Gasteiger partial charge in [0.15, 0.2) is 0 Å². The summed E-state index contributed by atoms with van der Waals surface area (Å²) in [6.45, 7) is 3.08. The average molecular weight is 415 g/mol. The summed E-state index contributed by atoms with van der Waals surface area (Å²) in [5.74, 6) is 0. The van der Waals surface area contributed by atoms with E-state index in [4.69, 9.17) is 0 Å². The number of hydrogen-bond acceptors (Lipinski definition) is 5. The van der Waals surface area contributed by atoms with Crippen molar-refractivity contribution in [3.63, 3.8) is 0 Å². The lowest BCUT2D eigenvalue weighted by Crippen LogP contribution is -2.42. The van der Waals surface area contributed by atoms with Crippen LogP contribution in [-0.4, -0.2) is 32.5 Å². The van der Waals surface area contributed by atoms with Crippen LogP contribution < -0.4 is 10.0 Å². The van der Waals surface area contributed by atoms with E-state index in [0.29, 0.717) is 22.9 Å². The minimum absolute atomic E-state index is 0. The molecular formula is C12H17BrClN3O4S. The zero-order valence-corrected chi connectivity index (χ0v) is 15.1. The van der Waals surface area contributed by atoms with E-state index in [0.717, 1.165) is 19.2 Å². The fraction of sp³-hybridized carbons (Fsp3) is 0.500. The van der Waals surface area contributed by atoms with Crippen molar-refractivity contribution in [2.24, 2.45) is 0 Å². The van der Waals surface area contributed by atoms with Crippen molar-refractivity contribution in [3.05, 3.63) is 32.3 Å². The summed E-state index contributed by atoms with van der Waals surface area (Å²) in [6.07, 6.45) is 1.41. The first-order chi connectivity index (χ1) is 9.81. The van der Waals surface area contributed by atoms with Gasteiger partial charge in [0.25, 0.3) is 5.69 Å². The molecule has 0 unspecified atom stereocenters. The summed E-state index contributed by atoms with van der Waals surface area (Å²) in [7, 11) is -3.77. The van der Waals surface area contributed by atoms with E-state index in [9.17, 15) is 18.5 Å². The molecule has 0 aliphatic carbocycles. The fourth-order valence-corrected chi connectivity index (χ4v) is 4.16. The number of halogens is 2. The van der Waals surface area contributed by atoms with Gasteiger partial charge in [0.2, 0.25) is 10.0 Å². The fourth-order valence-electron chi connectivity index (χ4n) is 2.21. The molecule has 0 amide bonds. The Kier molecular flexibility index (Phi) is 6.75. The lowest BCUT2D eigenvalue weighted by molar-refractivity contribution is -0.385. The van der Waals surface area contributed by atoms with Crippen LogP contribution in [0.25, 0.3) is 0 Å². The number of nitrogens with one attached hydrogen (secondary N) is 2. The number of nitro groups is 1. The van der Waals surface area contributed by atoms with Gasteiger partial charge in [-0.05, 0) is 38.9 Å². The molecule has 10 heteroatoms. The van der Waals surface area contributed by atoms with Gasteiger partial charge in [-0.25, -0.2) is 13.1 Å². The van der Waals surface area contributed by atoms with Crippen molar-refractivity contribution in [2.75, 3.05) is 13.1 Å². The van der Waals surface area contributed by atoms with E-state index >= 15 is 0 Å². The number of hydrogen-bond donors (Lipinski definition) is 2. The van der Waals surface area contributed by atoms with Crippen LogP contribution in [0.3, 0.4) is 0 Å². The van der Waals surface area contributed by atoms with Crippen LogP contribution in [0.1, 0.15) is 18.4 Å². The van der Waals surface area contributed by atoms with Gasteiger partial charge >= 0.3 is 0 Å². The summed E-state index contributed by atoms with van der Waals surface area (Å²) in [4.78, 5) is 10.3. The number of piperidine rings is 1. The van der Waals surface area contributed by atoms with Gasteiger partial charge in [0.1, 0.15) is 0 Å². The van der Waals surface area contributed by atoms with Crippen LogP contribution in [0.15, 0.2) is 21.5 Å². The first-order valence-electron chi connectivity index (χ1n) is 6.49. The van der Waals surface area contributed by atoms with Crippen LogP contribution in [0, 0.1) is 17.0 Å². The van der Waals surface area contributed by atoms with E-state index in [1.165, 1.54) is 6.07 Å². The topological polar surface area (TPSA) is 101 Å². The maximum absolute atomic E-state index is 12.4. The van der Waals surface area contributed by atoms with Gasteiger partial charge < -0.3 is 5.32 Å². The summed E-state index contributed by atoms with van der Waals surface area (Å²) >= 11 is 3.18. The Bertz CT molecular complexity index is 663. The lowest BCUT2D eigenvalue weighted by atomic mass is 10.1. The molecule has 0 radical (unpaired) electrons. The summed E-state index contributed by atoms with van der Waals surface area (Å²) < 4.78 is 27.7. The van der Waals surface area contributed by atoms with Crippen molar-refractivity contribution in [3.8, 4) is 0 Å². The molecule has 1 saturated heterocycles. The molecular weight excluding hydrogens is 398 g/mol. The zero-order valence-electron chi connectivity index (χ0n) is 11.8. The molecule has 0 saturated carbocycles. The molecule has 124 valence electrons. The predicted octanol–water partition coefficient (Wildman–Crippen LogP) is 2.12. The molecule has 1 aromatic rings. The quantitative estimate of drug-likeness (QED) is 0.580. The molecule has 1 fully saturated rings. The zero-order chi connectivity index (χ0) is 15.6. The molecule has 0 spiro atoms. The van der Waals surface area contributed by atoms with Crippen molar-refractivity contribution in [2.45, 2.75) is 30.7 Å². The predicted molar refractivity (Wildman–Crippen MR) is 89.0 cm³/mol. The number of sulfonamides is 1. The maximum atomic E-state index is 12.4. The molecule has 1 aromatic carbocycles. The molecule has 0 bridgehead atoms. The summed E-state index contributed by atoms with van der Waals surface area (Å²) in [6, 6.07) is 2.35. The number of rotatable bonds is 4. The summed E-state index contributed by atoms with van der Waals surface area (Å²) in [5.41, 5.74) is 0.191. The minimum atomic E-state index is -3.77. The van der Waals surface area contributed by atoms with E-state index < -0.39 is 14.9 Å². The molecule has 1 aliphatic rings. The highest BCUT2D eigenvalue weighted by Crippen LogP contribution is 2.30. The number of nitrogens with zero attached hydrogens (tertiary/aromatic N) is 1. The first-order valence-corrected chi connectivity index (χ1v) is 8.76. The third kappa shape index (κ3) is 4.39. The van der Waals surface area contributed by atoms with Crippen LogP contribution in [0.4, 0.5) is 5.69 Å². The monoisotopic (exact) mass is 413 g/mol. The highest BCUT2D eigenvalue weighted by atomic mass is 79.9. The van der Waals surface area contributed by atoms with Gasteiger partial charge in [-0.3, -0.25) is 10.1 Å². The molecule has 0 atom stereocenters. The van der Waals surface area contributed by atoms with Crippen LogP contribution >= 0.6 is 28.3 Å². The van der Waals surface area contributed by atoms with Crippen LogP contribution in [0.5, 0.6) is 0 Å². The van der Waals surface area contributed by atoms with Crippen molar-refractivity contribution >= 4 is 44.0 Å². The third-order valence-electron chi connectivity index (χ3n) is 3.46. The van der Waals surface area contributed by atoms with Gasteiger partial charge in [-0.1, -0.05) is 15.9 Å². The van der Waals surface area contributed by atoms with Gasteiger partial charge in [-0.2, -0.15) is 0 Å². The van der Waals surface area contributed by atoms with Crippen molar-refractivity contribution in [1.29, 1.82) is 0 Å². The Balaban J connectivity index is 0.00000242. The Morgan fingerprint density at radius 3 is 2.50 bits per heavy atom. The molecule has 7 nitrogen and oxygen atoms in total. The van der Waals surface area contributed by atoms with Gasteiger partial charge in [-0.15, -0.1) is 12.4 Å². The van der Waals surface area contributed by atoms with Crippen molar-refractivity contribution in [1.82, 2.24) is 10.0 Å². The Labute approximate surface area is 143 Å². The molecule has 2 rings (SSSR count). The second-order valence-corrected chi connectivity index (χ2v) is 7.52. The lowest BCUT2D eigenvalue weighted by Gasteiger charge is -2.23. The highest BCUT2D eigenvalue weighted by Gasteiger charge is 2.25. The Morgan fingerprint density at radius 1 is 1.36 bits per heavy atom. The second-order valence-electron chi connectivity index (χ2n) is 4.95. The second kappa shape index (κ2) is 7.69. The summed E-state index contributed by atoms with van der Waals surface area (Å²) in [5, 5.41) is 14.2. The molecule has 1 heterocycles. The van der Waals surface area contributed by atoms with E-state index in [1.54, 1.807) is 6.92 Å². The normalized spacial score (nSPS) is 16.1. The SMILES string of the molecule is Cc1c(Br)cc(S(=O)(=O)NC2CCNCC2)cc1[N+](=O)[O-].Cl. The highest BCUT2D eigenvalue weighted by molar-refractivity contribution is 9.10. The van der Waals surface area contributed by atoms with E-state index in [1.807, 2.05) is 0 Å². The molecule has 2 N–H and O–H groups in total. The molecule has 0 aromatic heterocycles. The van der Waals surface area contributed by atoms with Crippen molar-refractivity contribution < 1.29 is 13.3 Å². The largest absolute Gasteiger partial charge is 0.317 e. The maximum Gasteiger partial charge on any atom is 0.274 e. The first kappa shape index (κ1) is 19.3. The molecule has 22 heavy (non-hydrogen) atoms. The Morgan fingerprint density at radius 2 is 1.95 bits per heavy atom.